The summed E-state index contributed by atoms with van der Waals surface area (Å²) >= 11 is 0. The third kappa shape index (κ3) is 2.96. The highest BCUT2D eigenvalue weighted by atomic mass is 16.3. The fourth-order valence-corrected chi connectivity index (χ4v) is 2.12. The molecule has 0 saturated carbocycles. The Bertz CT molecular complexity index is 787. The highest BCUT2D eigenvalue weighted by Gasteiger charge is 2.11. The van der Waals surface area contributed by atoms with Crippen molar-refractivity contribution in [3.8, 4) is 17.0 Å². The van der Waals surface area contributed by atoms with Crippen LogP contribution in [0.15, 0.2) is 72.9 Å². The number of benzene rings is 2. The van der Waals surface area contributed by atoms with Gasteiger partial charge in [-0.1, -0.05) is 48.5 Å². The molecule has 0 spiro atoms. The molecule has 0 bridgehead atoms. The second kappa shape index (κ2) is 6.10. The van der Waals surface area contributed by atoms with Crippen molar-refractivity contribution in [2.45, 2.75) is 0 Å². The van der Waals surface area contributed by atoms with E-state index in [4.69, 9.17) is 0 Å². The predicted octanol–water partition coefficient (Wildman–Crippen LogP) is 3.71. The minimum atomic E-state index is -0.311. The smallest absolute Gasteiger partial charge is 0.257 e. The molecule has 4 heteroatoms. The Hall–Kier alpha value is -3.14. The number of carbonyl (C=O) groups is 1. The van der Waals surface area contributed by atoms with E-state index in [1.165, 1.54) is 12.3 Å². The largest absolute Gasteiger partial charge is 0.506 e. The molecule has 108 valence electrons. The number of anilines is 1. The molecule has 0 aliphatic heterocycles. The van der Waals surface area contributed by atoms with Gasteiger partial charge >= 0.3 is 0 Å². The Kier molecular flexibility index (Phi) is 3.83. The van der Waals surface area contributed by atoms with Gasteiger partial charge in [0.25, 0.3) is 5.91 Å². The molecule has 0 fully saturated rings. The van der Waals surface area contributed by atoms with Crippen molar-refractivity contribution in [3.63, 3.8) is 0 Å². The van der Waals surface area contributed by atoms with Gasteiger partial charge in [-0.25, -0.2) is 0 Å². The van der Waals surface area contributed by atoms with E-state index in [2.05, 4.69) is 10.3 Å². The molecule has 0 unspecified atom stereocenters. The summed E-state index contributed by atoms with van der Waals surface area (Å²) in [4.78, 5) is 16.4. The van der Waals surface area contributed by atoms with Crippen molar-refractivity contribution in [2.24, 2.45) is 0 Å². The SMILES string of the molecule is O=C(Nc1ccccc1)c1cnc(-c2ccccc2)c(O)c1. The van der Waals surface area contributed by atoms with E-state index >= 15 is 0 Å². The van der Waals surface area contributed by atoms with E-state index < -0.39 is 0 Å². The quantitative estimate of drug-likeness (QED) is 0.773. The fourth-order valence-electron chi connectivity index (χ4n) is 2.12. The first-order chi connectivity index (χ1) is 10.7. The molecule has 2 aromatic carbocycles. The number of para-hydroxylation sites is 1. The molecule has 4 nitrogen and oxygen atoms in total. The molecule has 3 rings (SSSR count). The minimum Gasteiger partial charge on any atom is -0.506 e. The highest BCUT2D eigenvalue weighted by Crippen LogP contribution is 2.27. The lowest BCUT2D eigenvalue weighted by atomic mass is 10.1. The van der Waals surface area contributed by atoms with Crippen LogP contribution in [0, 0.1) is 0 Å². The molecule has 1 amide bonds. The van der Waals surface area contributed by atoms with Crippen LogP contribution in [0.2, 0.25) is 0 Å². The lowest BCUT2D eigenvalue weighted by Crippen LogP contribution is -2.12. The van der Waals surface area contributed by atoms with Crippen LogP contribution in [0.25, 0.3) is 11.3 Å². The third-order valence-corrected chi connectivity index (χ3v) is 3.21. The van der Waals surface area contributed by atoms with Gasteiger partial charge in [0, 0.05) is 17.4 Å². The molecule has 2 N–H and O–H groups in total. The third-order valence-electron chi connectivity index (χ3n) is 3.21. The first kappa shape index (κ1) is 13.8. The Balaban J connectivity index is 1.84. The number of carbonyl (C=O) groups excluding carboxylic acids is 1. The number of aromatic nitrogens is 1. The van der Waals surface area contributed by atoms with Crippen LogP contribution in [0.1, 0.15) is 10.4 Å². The van der Waals surface area contributed by atoms with Crippen LogP contribution in [0.4, 0.5) is 5.69 Å². The van der Waals surface area contributed by atoms with Gasteiger partial charge in [0.2, 0.25) is 0 Å². The molecular formula is C18H14N2O2. The lowest BCUT2D eigenvalue weighted by molar-refractivity contribution is 0.102. The summed E-state index contributed by atoms with van der Waals surface area (Å²) in [6, 6.07) is 19.9. The fraction of sp³-hybridized carbons (Fsp3) is 0. The maximum absolute atomic E-state index is 12.2. The molecule has 3 aromatic rings. The average molecular weight is 290 g/mol. The summed E-state index contributed by atoms with van der Waals surface area (Å²) in [5.74, 6) is -0.333. The number of hydrogen-bond acceptors (Lipinski definition) is 3. The lowest BCUT2D eigenvalue weighted by Gasteiger charge is -2.08. The standard InChI is InChI=1S/C18H14N2O2/c21-16-11-14(18(22)20-15-9-5-2-6-10-15)12-19-17(16)13-7-3-1-4-8-13/h1-12,21H,(H,20,22). The van der Waals surface area contributed by atoms with Crippen molar-refractivity contribution in [3.05, 3.63) is 78.5 Å². The van der Waals surface area contributed by atoms with Crippen LogP contribution < -0.4 is 5.32 Å². The van der Waals surface area contributed by atoms with Gasteiger partial charge in [-0.2, -0.15) is 0 Å². The van der Waals surface area contributed by atoms with E-state index in [1.54, 1.807) is 12.1 Å². The first-order valence-electron chi connectivity index (χ1n) is 6.85. The first-order valence-corrected chi connectivity index (χ1v) is 6.85. The summed E-state index contributed by atoms with van der Waals surface area (Å²) in [5.41, 5.74) is 2.26. The molecule has 0 radical (unpaired) electrons. The zero-order chi connectivity index (χ0) is 15.4. The van der Waals surface area contributed by atoms with E-state index in [0.29, 0.717) is 16.9 Å². The van der Waals surface area contributed by atoms with E-state index in [0.717, 1.165) is 5.56 Å². The molecular weight excluding hydrogens is 276 g/mol. The number of pyridine rings is 1. The predicted molar refractivity (Wildman–Crippen MR) is 85.7 cm³/mol. The van der Waals surface area contributed by atoms with E-state index in [9.17, 15) is 9.90 Å². The maximum Gasteiger partial charge on any atom is 0.257 e. The second-order valence-corrected chi connectivity index (χ2v) is 4.78. The molecule has 1 aromatic heterocycles. The Labute approximate surface area is 128 Å². The number of aromatic hydroxyl groups is 1. The van der Waals surface area contributed by atoms with Crippen LogP contribution >= 0.6 is 0 Å². The van der Waals surface area contributed by atoms with Crippen LogP contribution in [0.5, 0.6) is 5.75 Å². The molecule has 22 heavy (non-hydrogen) atoms. The summed E-state index contributed by atoms with van der Waals surface area (Å²) < 4.78 is 0. The van der Waals surface area contributed by atoms with Gasteiger partial charge in [0.15, 0.2) is 0 Å². The van der Waals surface area contributed by atoms with Gasteiger partial charge in [-0.3, -0.25) is 9.78 Å². The zero-order valence-electron chi connectivity index (χ0n) is 11.7. The van der Waals surface area contributed by atoms with Gasteiger partial charge in [-0.15, -0.1) is 0 Å². The second-order valence-electron chi connectivity index (χ2n) is 4.78. The number of nitrogens with one attached hydrogen (secondary N) is 1. The van der Waals surface area contributed by atoms with Gasteiger partial charge in [0.05, 0.1) is 5.56 Å². The van der Waals surface area contributed by atoms with Gasteiger partial charge in [-0.05, 0) is 18.2 Å². The molecule has 0 aliphatic rings. The number of hydrogen-bond donors (Lipinski definition) is 2. The minimum absolute atomic E-state index is 0.0214. The Morgan fingerprint density at radius 1 is 0.955 bits per heavy atom. The van der Waals surface area contributed by atoms with Crippen LogP contribution in [0.3, 0.4) is 0 Å². The van der Waals surface area contributed by atoms with Crippen LogP contribution in [-0.2, 0) is 0 Å². The van der Waals surface area contributed by atoms with Crippen molar-refractivity contribution in [2.75, 3.05) is 5.32 Å². The molecule has 1 heterocycles. The number of amides is 1. The maximum atomic E-state index is 12.2. The van der Waals surface area contributed by atoms with Crippen molar-refractivity contribution in [1.82, 2.24) is 4.98 Å². The van der Waals surface area contributed by atoms with Crippen molar-refractivity contribution in [1.29, 1.82) is 0 Å². The van der Waals surface area contributed by atoms with Gasteiger partial charge < -0.3 is 10.4 Å². The summed E-state index contributed by atoms with van der Waals surface area (Å²) in [5, 5.41) is 12.9. The molecule has 0 saturated heterocycles. The summed E-state index contributed by atoms with van der Waals surface area (Å²) in [6.07, 6.45) is 1.46. The molecule has 0 atom stereocenters. The number of nitrogens with zero attached hydrogens (tertiary/aromatic N) is 1. The highest BCUT2D eigenvalue weighted by molar-refractivity contribution is 6.04. The van der Waals surface area contributed by atoms with Crippen LogP contribution in [-0.4, -0.2) is 16.0 Å². The average Bonchev–Trinajstić information content (AvgIpc) is 2.56. The molecule has 0 aliphatic carbocycles. The Morgan fingerprint density at radius 2 is 1.59 bits per heavy atom. The van der Waals surface area contributed by atoms with E-state index in [1.807, 2.05) is 48.5 Å². The van der Waals surface area contributed by atoms with E-state index in [-0.39, 0.29) is 11.7 Å². The normalized spacial score (nSPS) is 10.2. The van der Waals surface area contributed by atoms with Crippen molar-refractivity contribution < 1.29 is 9.90 Å². The zero-order valence-corrected chi connectivity index (χ0v) is 11.7. The Morgan fingerprint density at radius 3 is 2.23 bits per heavy atom. The van der Waals surface area contributed by atoms with Gasteiger partial charge in [0.1, 0.15) is 11.4 Å². The van der Waals surface area contributed by atoms with Crippen molar-refractivity contribution >= 4 is 11.6 Å². The summed E-state index contributed by atoms with van der Waals surface area (Å²) in [7, 11) is 0. The topological polar surface area (TPSA) is 62.2 Å². The monoisotopic (exact) mass is 290 g/mol. The summed E-state index contributed by atoms with van der Waals surface area (Å²) in [6.45, 7) is 0. The number of rotatable bonds is 3.